The lowest BCUT2D eigenvalue weighted by molar-refractivity contribution is -0.136. The van der Waals surface area contributed by atoms with E-state index in [9.17, 15) is 4.79 Å². The topological polar surface area (TPSA) is 118 Å². The van der Waals surface area contributed by atoms with Crippen LogP contribution in [0.4, 0.5) is 11.9 Å². The molecule has 0 bridgehead atoms. The van der Waals surface area contributed by atoms with Crippen molar-refractivity contribution in [3.05, 3.63) is 64.7 Å². The second kappa shape index (κ2) is 12.4. The minimum absolute atomic E-state index is 0.112. The molecule has 1 aromatic heterocycles. The number of aromatic nitrogens is 3. The van der Waals surface area contributed by atoms with Crippen molar-refractivity contribution in [3.8, 4) is 11.8 Å². The van der Waals surface area contributed by atoms with Gasteiger partial charge in [0, 0.05) is 31.5 Å². The monoisotopic (exact) mass is 471 g/mol. The van der Waals surface area contributed by atoms with Gasteiger partial charge in [0.2, 0.25) is 11.9 Å². The number of carboxylic acid groups (broad SMARTS) is 1. The summed E-state index contributed by atoms with van der Waals surface area (Å²) < 4.78 is 11.4. The zero-order chi connectivity index (χ0) is 23.5. The molecule has 0 aliphatic rings. The molecule has 0 saturated carbocycles. The van der Waals surface area contributed by atoms with Crippen molar-refractivity contribution in [2.45, 2.75) is 25.8 Å². The van der Waals surface area contributed by atoms with Crippen LogP contribution < -0.4 is 20.1 Å². The van der Waals surface area contributed by atoms with E-state index >= 15 is 0 Å². The molecule has 0 aliphatic carbocycles. The van der Waals surface area contributed by atoms with E-state index in [1.807, 2.05) is 48.5 Å². The van der Waals surface area contributed by atoms with E-state index in [1.165, 1.54) is 0 Å². The quantitative estimate of drug-likeness (QED) is 0.317. The van der Waals surface area contributed by atoms with Crippen LogP contribution in [0.15, 0.2) is 48.5 Å². The van der Waals surface area contributed by atoms with E-state index in [4.69, 9.17) is 26.2 Å². The van der Waals surface area contributed by atoms with Gasteiger partial charge < -0.3 is 25.2 Å². The van der Waals surface area contributed by atoms with Gasteiger partial charge in [0.25, 0.3) is 0 Å². The summed E-state index contributed by atoms with van der Waals surface area (Å²) in [4.78, 5) is 23.4. The SMILES string of the molecule is CNc1nc(NCc2ccccc2Cl)nc(OCCCOc2ccc(CCC(=O)O)cc2)n1. The molecule has 2 aromatic carbocycles. The first-order chi connectivity index (χ1) is 16.0. The van der Waals surface area contributed by atoms with Crippen LogP contribution in [-0.2, 0) is 17.8 Å². The Balaban J connectivity index is 1.44. The Labute approximate surface area is 197 Å². The molecule has 33 heavy (non-hydrogen) atoms. The fraction of sp³-hybridized carbons (Fsp3) is 0.304. The predicted molar refractivity (Wildman–Crippen MR) is 126 cm³/mol. The Bertz CT molecular complexity index is 1050. The Hall–Kier alpha value is -3.59. The van der Waals surface area contributed by atoms with Crippen LogP contribution in [0.2, 0.25) is 5.02 Å². The Morgan fingerprint density at radius 2 is 1.73 bits per heavy atom. The molecule has 0 unspecified atom stereocenters. The summed E-state index contributed by atoms with van der Waals surface area (Å²) in [5, 5.41) is 15.4. The van der Waals surface area contributed by atoms with Gasteiger partial charge in [-0.1, -0.05) is 41.9 Å². The minimum atomic E-state index is -0.807. The fourth-order valence-corrected chi connectivity index (χ4v) is 3.05. The highest BCUT2D eigenvalue weighted by molar-refractivity contribution is 6.31. The third-order valence-electron chi connectivity index (χ3n) is 4.57. The lowest BCUT2D eigenvalue weighted by Crippen LogP contribution is -2.11. The number of anilines is 2. The number of rotatable bonds is 13. The highest BCUT2D eigenvalue weighted by Crippen LogP contribution is 2.18. The predicted octanol–water partition coefficient (Wildman–Crippen LogP) is 4.04. The maximum absolute atomic E-state index is 10.6. The van der Waals surface area contributed by atoms with Crippen molar-refractivity contribution in [2.24, 2.45) is 0 Å². The van der Waals surface area contributed by atoms with Gasteiger partial charge in [-0.2, -0.15) is 15.0 Å². The number of benzene rings is 2. The zero-order valence-corrected chi connectivity index (χ0v) is 19.0. The third kappa shape index (κ3) is 8.12. The molecule has 3 N–H and O–H groups in total. The first kappa shape index (κ1) is 24.1. The van der Waals surface area contributed by atoms with E-state index in [0.717, 1.165) is 16.9 Å². The first-order valence-electron chi connectivity index (χ1n) is 10.5. The van der Waals surface area contributed by atoms with E-state index in [1.54, 1.807) is 7.05 Å². The molecule has 1 heterocycles. The molecular formula is C23H26ClN5O4. The van der Waals surface area contributed by atoms with Gasteiger partial charge in [0.1, 0.15) is 5.75 Å². The number of aryl methyl sites for hydroxylation is 1. The van der Waals surface area contributed by atoms with Crippen LogP contribution in [0.5, 0.6) is 11.8 Å². The van der Waals surface area contributed by atoms with Gasteiger partial charge in [-0.3, -0.25) is 4.79 Å². The largest absolute Gasteiger partial charge is 0.493 e. The molecular weight excluding hydrogens is 446 g/mol. The van der Waals surface area contributed by atoms with Crippen LogP contribution in [0.3, 0.4) is 0 Å². The number of ether oxygens (including phenoxy) is 2. The van der Waals surface area contributed by atoms with Gasteiger partial charge in [-0.25, -0.2) is 0 Å². The Morgan fingerprint density at radius 3 is 2.45 bits per heavy atom. The average Bonchev–Trinajstić information content (AvgIpc) is 2.82. The van der Waals surface area contributed by atoms with Crippen molar-refractivity contribution < 1.29 is 19.4 Å². The number of hydrogen-bond donors (Lipinski definition) is 3. The average molecular weight is 472 g/mol. The maximum atomic E-state index is 10.6. The van der Waals surface area contributed by atoms with Crippen LogP contribution >= 0.6 is 11.6 Å². The van der Waals surface area contributed by atoms with E-state index in [-0.39, 0.29) is 12.4 Å². The van der Waals surface area contributed by atoms with Crippen molar-refractivity contribution >= 4 is 29.5 Å². The van der Waals surface area contributed by atoms with E-state index in [2.05, 4.69) is 25.6 Å². The Morgan fingerprint density at radius 1 is 1.00 bits per heavy atom. The second-order valence-electron chi connectivity index (χ2n) is 7.05. The summed E-state index contributed by atoms with van der Waals surface area (Å²) in [5.41, 5.74) is 1.89. The molecule has 9 nitrogen and oxygen atoms in total. The summed E-state index contributed by atoms with van der Waals surface area (Å²) in [7, 11) is 1.72. The summed E-state index contributed by atoms with van der Waals surface area (Å²) in [6.45, 7) is 1.29. The van der Waals surface area contributed by atoms with Crippen LogP contribution in [0.1, 0.15) is 24.0 Å². The number of nitrogens with one attached hydrogen (secondary N) is 2. The number of carboxylic acids is 1. The number of halogens is 1. The summed E-state index contributed by atoms with van der Waals surface area (Å²) >= 11 is 6.19. The van der Waals surface area contributed by atoms with Gasteiger partial charge in [0.15, 0.2) is 0 Å². The van der Waals surface area contributed by atoms with Gasteiger partial charge in [0.05, 0.1) is 13.2 Å². The van der Waals surface area contributed by atoms with E-state index < -0.39 is 5.97 Å². The smallest absolute Gasteiger partial charge is 0.323 e. The lowest BCUT2D eigenvalue weighted by atomic mass is 10.1. The molecule has 174 valence electrons. The number of nitrogens with zero attached hydrogens (tertiary/aromatic N) is 3. The normalized spacial score (nSPS) is 10.5. The van der Waals surface area contributed by atoms with Gasteiger partial charge in [-0.15, -0.1) is 0 Å². The number of carbonyl (C=O) groups is 1. The Kier molecular flexibility index (Phi) is 9.08. The fourth-order valence-electron chi connectivity index (χ4n) is 2.84. The molecule has 0 spiro atoms. The number of hydrogen-bond acceptors (Lipinski definition) is 8. The highest BCUT2D eigenvalue weighted by atomic mass is 35.5. The molecule has 3 aromatic rings. The van der Waals surface area contributed by atoms with Crippen molar-refractivity contribution in [3.63, 3.8) is 0 Å². The van der Waals surface area contributed by atoms with Crippen molar-refractivity contribution in [1.82, 2.24) is 15.0 Å². The van der Waals surface area contributed by atoms with Crippen LogP contribution in [0, 0.1) is 0 Å². The van der Waals surface area contributed by atoms with Crippen LogP contribution in [0.25, 0.3) is 0 Å². The molecule has 10 heteroatoms. The van der Waals surface area contributed by atoms with E-state index in [0.29, 0.717) is 49.5 Å². The first-order valence-corrected chi connectivity index (χ1v) is 10.9. The number of aliphatic carboxylic acids is 1. The summed E-state index contributed by atoms with van der Waals surface area (Å²) in [5.74, 6) is 0.681. The zero-order valence-electron chi connectivity index (χ0n) is 18.3. The second-order valence-corrected chi connectivity index (χ2v) is 7.46. The maximum Gasteiger partial charge on any atom is 0.323 e. The highest BCUT2D eigenvalue weighted by Gasteiger charge is 2.08. The molecule has 0 fully saturated rings. The standard InChI is InChI=1S/C23H26ClN5O4/c1-25-21-27-22(26-15-17-5-2-3-6-19(17)24)29-23(28-21)33-14-4-13-32-18-10-7-16(8-11-18)9-12-20(30)31/h2-3,5-8,10-11H,4,9,12-15H2,1H3,(H,30,31)(H2,25,26,27,28,29). The van der Waals surface area contributed by atoms with Gasteiger partial charge in [-0.05, 0) is 35.7 Å². The summed E-state index contributed by atoms with van der Waals surface area (Å²) in [6.07, 6.45) is 1.24. The molecule has 0 atom stereocenters. The van der Waals surface area contributed by atoms with Crippen LogP contribution in [-0.4, -0.2) is 46.3 Å². The molecule has 0 saturated heterocycles. The van der Waals surface area contributed by atoms with Crippen molar-refractivity contribution in [2.75, 3.05) is 30.9 Å². The third-order valence-corrected chi connectivity index (χ3v) is 4.94. The lowest BCUT2D eigenvalue weighted by Gasteiger charge is -2.11. The minimum Gasteiger partial charge on any atom is -0.493 e. The molecule has 3 rings (SSSR count). The molecule has 0 aliphatic heterocycles. The summed E-state index contributed by atoms with van der Waals surface area (Å²) in [6, 6.07) is 15.2. The molecule has 0 amide bonds. The molecule has 0 radical (unpaired) electrons. The van der Waals surface area contributed by atoms with Crippen molar-refractivity contribution in [1.29, 1.82) is 0 Å². The van der Waals surface area contributed by atoms with Gasteiger partial charge >= 0.3 is 12.0 Å².